The number of rotatable bonds is 8. The van der Waals surface area contributed by atoms with Gasteiger partial charge in [-0.05, 0) is 31.4 Å². The molecule has 0 aliphatic heterocycles. The summed E-state index contributed by atoms with van der Waals surface area (Å²) in [5.41, 5.74) is 0. The third-order valence-electron chi connectivity index (χ3n) is 2.62. The highest BCUT2D eigenvalue weighted by atomic mass is 32.1. The molecule has 0 saturated heterocycles. The van der Waals surface area contributed by atoms with E-state index in [0.717, 1.165) is 12.4 Å². The average Bonchev–Trinajstić information content (AvgIpc) is 2.77. The number of ether oxygens (including phenoxy) is 1. The molecule has 0 radical (unpaired) electrons. The molecule has 0 aliphatic carbocycles. The van der Waals surface area contributed by atoms with E-state index in [9.17, 15) is 0 Å². The SMILES string of the molecule is CCCCCCNC(C)c1cc(OC)ns1. The lowest BCUT2D eigenvalue weighted by Crippen LogP contribution is -2.18. The first kappa shape index (κ1) is 13.5. The quantitative estimate of drug-likeness (QED) is 0.710. The van der Waals surface area contributed by atoms with E-state index in [2.05, 4.69) is 23.5 Å². The Hall–Kier alpha value is -0.610. The van der Waals surface area contributed by atoms with Crippen molar-refractivity contribution < 1.29 is 4.74 Å². The molecule has 0 saturated carbocycles. The fourth-order valence-electron chi connectivity index (χ4n) is 1.54. The third kappa shape index (κ3) is 4.49. The Morgan fingerprint density at radius 2 is 2.25 bits per heavy atom. The van der Waals surface area contributed by atoms with E-state index in [1.54, 1.807) is 7.11 Å². The molecule has 0 fully saturated rings. The zero-order chi connectivity index (χ0) is 11.8. The zero-order valence-corrected chi connectivity index (χ0v) is 11.3. The minimum Gasteiger partial charge on any atom is -0.480 e. The number of nitrogens with zero attached hydrogens (tertiary/aromatic N) is 1. The zero-order valence-electron chi connectivity index (χ0n) is 10.5. The number of nitrogens with one attached hydrogen (secondary N) is 1. The van der Waals surface area contributed by atoms with Gasteiger partial charge in [-0.3, -0.25) is 0 Å². The molecular formula is C12H22N2OS. The van der Waals surface area contributed by atoms with Crippen molar-refractivity contribution in [3.63, 3.8) is 0 Å². The van der Waals surface area contributed by atoms with Gasteiger partial charge < -0.3 is 10.1 Å². The van der Waals surface area contributed by atoms with Crippen LogP contribution in [-0.4, -0.2) is 18.0 Å². The van der Waals surface area contributed by atoms with Gasteiger partial charge in [-0.2, -0.15) is 4.37 Å². The highest BCUT2D eigenvalue weighted by molar-refractivity contribution is 7.06. The second-order valence-electron chi connectivity index (χ2n) is 4.01. The minimum absolute atomic E-state index is 0.378. The van der Waals surface area contributed by atoms with E-state index >= 15 is 0 Å². The van der Waals surface area contributed by atoms with Gasteiger partial charge in [0, 0.05) is 17.0 Å². The van der Waals surface area contributed by atoms with Crippen molar-refractivity contribution in [3.8, 4) is 5.88 Å². The molecule has 4 heteroatoms. The first-order valence-electron chi connectivity index (χ1n) is 6.02. The van der Waals surface area contributed by atoms with Gasteiger partial charge in [0.05, 0.1) is 7.11 Å². The van der Waals surface area contributed by atoms with Gasteiger partial charge in [0.2, 0.25) is 5.88 Å². The number of hydrogen-bond acceptors (Lipinski definition) is 4. The van der Waals surface area contributed by atoms with Gasteiger partial charge in [-0.15, -0.1) is 0 Å². The second-order valence-corrected chi connectivity index (χ2v) is 4.84. The molecule has 1 unspecified atom stereocenters. The Labute approximate surface area is 102 Å². The number of unbranched alkanes of at least 4 members (excludes halogenated alkanes) is 3. The van der Waals surface area contributed by atoms with E-state index in [1.165, 1.54) is 42.1 Å². The van der Waals surface area contributed by atoms with E-state index in [1.807, 2.05) is 6.07 Å². The molecule has 0 aromatic carbocycles. The summed E-state index contributed by atoms with van der Waals surface area (Å²) in [6.45, 7) is 5.49. The molecule has 16 heavy (non-hydrogen) atoms. The monoisotopic (exact) mass is 242 g/mol. The molecule has 1 aromatic rings. The molecule has 1 aromatic heterocycles. The summed E-state index contributed by atoms with van der Waals surface area (Å²) in [5.74, 6) is 0.722. The van der Waals surface area contributed by atoms with Crippen molar-refractivity contribution in [1.29, 1.82) is 0 Å². The molecule has 1 N–H and O–H groups in total. The largest absolute Gasteiger partial charge is 0.480 e. The van der Waals surface area contributed by atoms with Crippen LogP contribution in [0.2, 0.25) is 0 Å². The van der Waals surface area contributed by atoms with E-state index < -0.39 is 0 Å². The van der Waals surface area contributed by atoms with Crippen molar-refractivity contribution in [2.75, 3.05) is 13.7 Å². The Kier molecular flexibility index (Phi) is 6.42. The molecular weight excluding hydrogens is 220 g/mol. The van der Waals surface area contributed by atoms with Gasteiger partial charge in [0.15, 0.2) is 0 Å². The van der Waals surface area contributed by atoms with Crippen molar-refractivity contribution in [1.82, 2.24) is 9.69 Å². The number of aromatic nitrogens is 1. The maximum Gasteiger partial charge on any atom is 0.225 e. The summed E-state index contributed by atoms with van der Waals surface area (Å²) in [6.07, 6.45) is 5.21. The molecule has 1 atom stereocenters. The predicted octanol–water partition coefficient (Wildman–Crippen LogP) is 3.38. The fourth-order valence-corrected chi connectivity index (χ4v) is 2.26. The summed E-state index contributed by atoms with van der Waals surface area (Å²) in [6, 6.07) is 2.39. The normalized spacial score (nSPS) is 12.7. The fraction of sp³-hybridized carbons (Fsp3) is 0.750. The topological polar surface area (TPSA) is 34.1 Å². The molecule has 0 bridgehead atoms. The summed E-state index contributed by atoms with van der Waals surface area (Å²) in [4.78, 5) is 1.24. The van der Waals surface area contributed by atoms with Crippen LogP contribution in [0.5, 0.6) is 5.88 Å². The second kappa shape index (κ2) is 7.63. The van der Waals surface area contributed by atoms with Crippen molar-refractivity contribution in [2.45, 2.75) is 45.6 Å². The standard InChI is InChI=1S/C12H22N2OS/c1-4-5-6-7-8-13-10(2)11-9-12(15-3)14-16-11/h9-10,13H,4-8H2,1-3H3. The van der Waals surface area contributed by atoms with Crippen molar-refractivity contribution >= 4 is 11.5 Å². The Morgan fingerprint density at radius 1 is 1.44 bits per heavy atom. The van der Waals surface area contributed by atoms with Crippen LogP contribution in [0.4, 0.5) is 0 Å². The van der Waals surface area contributed by atoms with Crippen LogP contribution in [0.15, 0.2) is 6.07 Å². The van der Waals surface area contributed by atoms with Gasteiger partial charge in [-0.1, -0.05) is 26.2 Å². The maximum atomic E-state index is 5.07. The maximum absolute atomic E-state index is 5.07. The highest BCUT2D eigenvalue weighted by Crippen LogP contribution is 2.22. The van der Waals surface area contributed by atoms with Crippen molar-refractivity contribution in [2.24, 2.45) is 0 Å². The van der Waals surface area contributed by atoms with Gasteiger partial charge >= 0.3 is 0 Å². The molecule has 1 heterocycles. The molecule has 3 nitrogen and oxygen atoms in total. The first-order valence-corrected chi connectivity index (χ1v) is 6.79. The van der Waals surface area contributed by atoms with Gasteiger partial charge in [-0.25, -0.2) is 0 Å². The smallest absolute Gasteiger partial charge is 0.225 e. The van der Waals surface area contributed by atoms with Crippen LogP contribution < -0.4 is 10.1 Å². The lowest BCUT2D eigenvalue weighted by atomic mass is 10.2. The summed E-state index contributed by atoms with van der Waals surface area (Å²) in [5, 5.41) is 3.51. The van der Waals surface area contributed by atoms with E-state index in [-0.39, 0.29) is 0 Å². The first-order chi connectivity index (χ1) is 7.77. The van der Waals surface area contributed by atoms with Crippen LogP contribution in [0.1, 0.15) is 50.4 Å². The van der Waals surface area contributed by atoms with Crippen molar-refractivity contribution in [3.05, 3.63) is 10.9 Å². The highest BCUT2D eigenvalue weighted by Gasteiger charge is 2.08. The predicted molar refractivity (Wildman–Crippen MR) is 69.2 cm³/mol. The average molecular weight is 242 g/mol. The van der Waals surface area contributed by atoms with Crippen LogP contribution in [0.25, 0.3) is 0 Å². The summed E-state index contributed by atoms with van der Waals surface area (Å²) >= 11 is 1.51. The lowest BCUT2D eigenvalue weighted by Gasteiger charge is -2.10. The molecule has 0 amide bonds. The minimum atomic E-state index is 0.378. The van der Waals surface area contributed by atoms with Crippen LogP contribution in [0, 0.1) is 0 Å². The van der Waals surface area contributed by atoms with Crippen LogP contribution >= 0.6 is 11.5 Å². The molecule has 1 rings (SSSR count). The molecule has 92 valence electrons. The van der Waals surface area contributed by atoms with Crippen LogP contribution in [0.3, 0.4) is 0 Å². The summed E-state index contributed by atoms with van der Waals surface area (Å²) < 4.78 is 9.27. The molecule has 0 spiro atoms. The Bertz CT molecular complexity index is 288. The summed E-state index contributed by atoms with van der Waals surface area (Å²) in [7, 11) is 1.65. The van der Waals surface area contributed by atoms with Gasteiger partial charge in [0.25, 0.3) is 0 Å². The Morgan fingerprint density at radius 3 is 2.88 bits per heavy atom. The third-order valence-corrected chi connectivity index (χ3v) is 3.58. The van der Waals surface area contributed by atoms with E-state index in [4.69, 9.17) is 4.74 Å². The van der Waals surface area contributed by atoms with Crippen LogP contribution in [-0.2, 0) is 0 Å². The number of hydrogen-bond donors (Lipinski definition) is 1. The van der Waals surface area contributed by atoms with Gasteiger partial charge in [0.1, 0.15) is 0 Å². The number of methoxy groups -OCH3 is 1. The Balaban J connectivity index is 2.21. The lowest BCUT2D eigenvalue weighted by molar-refractivity contribution is 0.402. The van der Waals surface area contributed by atoms with E-state index in [0.29, 0.717) is 6.04 Å². The molecule has 0 aliphatic rings.